The third kappa shape index (κ3) is 4.51. The third-order valence-electron chi connectivity index (χ3n) is 3.70. The smallest absolute Gasteiger partial charge is 0.260 e. The second kappa shape index (κ2) is 8.06. The molecule has 1 unspecified atom stereocenters. The van der Waals surface area contributed by atoms with Gasteiger partial charge in [0, 0.05) is 26.2 Å². The van der Waals surface area contributed by atoms with E-state index in [1.807, 2.05) is 12.1 Å². The van der Waals surface area contributed by atoms with Crippen molar-refractivity contribution in [2.75, 3.05) is 39.9 Å². The molecule has 1 aliphatic heterocycles. The SMILES string of the molecule is COc1ccccc1OCC(=O)N1CCN(C(=O)C(C)Cl)CC1. The fourth-order valence-electron chi connectivity index (χ4n) is 2.40. The first kappa shape index (κ1) is 17.4. The van der Waals surface area contributed by atoms with Crippen molar-refractivity contribution in [3.63, 3.8) is 0 Å². The average molecular weight is 341 g/mol. The van der Waals surface area contributed by atoms with E-state index in [4.69, 9.17) is 21.1 Å². The number of hydrogen-bond donors (Lipinski definition) is 0. The second-order valence-corrected chi connectivity index (χ2v) is 5.92. The van der Waals surface area contributed by atoms with Crippen LogP contribution in [0.4, 0.5) is 0 Å². The summed E-state index contributed by atoms with van der Waals surface area (Å²) >= 11 is 5.80. The maximum absolute atomic E-state index is 12.2. The van der Waals surface area contributed by atoms with Gasteiger partial charge in [0.25, 0.3) is 5.91 Å². The molecule has 6 nitrogen and oxygen atoms in total. The Morgan fingerprint density at radius 3 is 2.26 bits per heavy atom. The maximum Gasteiger partial charge on any atom is 0.260 e. The van der Waals surface area contributed by atoms with Crippen LogP contribution in [0.2, 0.25) is 0 Å². The number of benzene rings is 1. The highest BCUT2D eigenvalue weighted by molar-refractivity contribution is 6.30. The number of methoxy groups -OCH3 is 1. The lowest BCUT2D eigenvalue weighted by atomic mass is 10.3. The van der Waals surface area contributed by atoms with Gasteiger partial charge in [-0.2, -0.15) is 0 Å². The van der Waals surface area contributed by atoms with Crippen molar-refractivity contribution in [1.29, 1.82) is 0 Å². The molecule has 1 saturated heterocycles. The van der Waals surface area contributed by atoms with E-state index in [0.717, 1.165) is 0 Å². The van der Waals surface area contributed by atoms with Gasteiger partial charge in [0.1, 0.15) is 5.38 Å². The molecule has 1 aromatic carbocycles. The zero-order valence-corrected chi connectivity index (χ0v) is 14.1. The number of hydrogen-bond acceptors (Lipinski definition) is 4. The van der Waals surface area contributed by atoms with Crippen molar-refractivity contribution in [3.8, 4) is 11.5 Å². The number of halogens is 1. The molecule has 1 fully saturated rings. The van der Waals surface area contributed by atoms with Crippen LogP contribution in [0.15, 0.2) is 24.3 Å². The van der Waals surface area contributed by atoms with Gasteiger partial charge in [-0.1, -0.05) is 12.1 Å². The topological polar surface area (TPSA) is 59.1 Å². The minimum absolute atomic E-state index is 0.0553. The summed E-state index contributed by atoms with van der Waals surface area (Å²) in [5, 5.41) is -0.536. The lowest BCUT2D eigenvalue weighted by Crippen LogP contribution is -2.52. The van der Waals surface area contributed by atoms with E-state index in [2.05, 4.69) is 0 Å². The van der Waals surface area contributed by atoms with Crippen molar-refractivity contribution < 1.29 is 19.1 Å². The van der Waals surface area contributed by atoms with Gasteiger partial charge in [-0.05, 0) is 19.1 Å². The zero-order chi connectivity index (χ0) is 16.8. The molecule has 1 aliphatic rings. The Kier molecular flexibility index (Phi) is 6.10. The number of para-hydroxylation sites is 2. The molecular weight excluding hydrogens is 320 g/mol. The monoisotopic (exact) mass is 340 g/mol. The van der Waals surface area contributed by atoms with Crippen LogP contribution < -0.4 is 9.47 Å². The largest absolute Gasteiger partial charge is 0.493 e. The Hall–Kier alpha value is -1.95. The molecule has 1 atom stereocenters. The highest BCUT2D eigenvalue weighted by Gasteiger charge is 2.26. The fourth-order valence-corrected chi connectivity index (χ4v) is 2.53. The number of amides is 2. The van der Waals surface area contributed by atoms with E-state index in [9.17, 15) is 9.59 Å². The number of carbonyl (C=O) groups is 2. The summed E-state index contributed by atoms with van der Waals surface area (Å²) in [4.78, 5) is 27.4. The lowest BCUT2D eigenvalue weighted by molar-refractivity contribution is -0.140. The maximum atomic E-state index is 12.2. The molecule has 0 aromatic heterocycles. The Morgan fingerprint density at radius 1 is 1.13 bits per heavy atom. The van der Waals surface area contributed by atoms with Crippen molar-refractivity contribution in [3.05, 3.63) is 24.3 Å². The summed E-state index contributed by atoms with van der Waals surface area (Å²) in [6.45, 7) is 3.57. The molecule has 7 heteroatoms. The molecular formula is C16H21ClN2O4. The molecule has 0 radical (unpaired) electrons. The van der Waals surface area contributed by atoms with Crippen LogP contribution in [0.3, 0.4) is 0 Å². The summed E-state index contributed by atoms with van der Waals surface area (Å²) in [6.07, 6.45) is 0. The van der Waals surface area contributed by atoms with Crippen LogP contribution in [-0.2, 0) is 9.59 Å². The standard InChI is InChI=1S/C16H21ClN2O4/c1-12(17)16(21)19-9-7-18(8-10-19)15(20)11-23-14-6-4-3-5-13(14)22-2/h3-6,12H,7-11H2,1-2H3. The number of alkyl halides is 1. The number of piperazine rings is 1. The van der Waals surface area contributed by atoms with Gasteiger partial charge >= 0.3 is 0 Å². The van der Waals surface area contributed by atoms with Crippen LogP contribution in [0, 0.1) is 0 Å². The average Bonchev–Trinajstić information content (AvgIpc) is 2.59. The van der Waals surface area contributed by atoms with Crippen molar-refractivity contribution in [2.45, 2.75) is 12.3 Å². The minimum Gasteiger partial charge on any atom is -0.493 e. The fraction of sp³-hybridized carbons (Fsp3) is 0.500. The summed E-state index contributed by atoms with van der Waals surface area (Å²) < 4.78 is 10.7. The second-order valence-electron chi connectivity index (χ2n) is 5.26. The zero-order valence-electron chi connectivity index (χ0n) is 13.3. The van der Waals surface area contributed by atoms with Crippen molar-refractivity contribution in [2.24, 2.45) is 0 Å². The first-order valence-corrected chi connectivity index (χ1v) is 7.93. The van der Waals surface area contributed by atoms with E-state index in [1.54, 1.807) is 36.0 Å². The van der Waals surface area contributed by atoms with Gasteiger partial charge in [0.15, 0.2) is 18.1 Å². The molecule has 0 N–H and O–H groups in total. The first-order chi connectivity index (χ1) is 11.0. The van der Waals surface area contributed by atoms with Gasteiger partial charge in [0.05, 0.1) is 7.11 Å². The van der Waals surface area contributed by atoms with Gasteiger partial charge < -0.3 is 19.3 Å². The highest BCUT2D eigenvalue weighted by Crippen LogP contribution is 2.25. The Morgan fingerprint density at radius 2 is 1.70 bits per heavy atom. The van der Waals surface area contributed by atoms with E-state index in [0.29, 0.717) is 37.7 Å². The van der Waals surface area contributed by atoms with E-state index in [-0.39, 0.29) is 18.4 Å². The molecule has 2 amide bonds. The predicted octanol–water partition coefficient (Wildman–Crippen LogP) is 1.37. The minimum atomic E-state index is -0.536. The predicted molar refractivity (Wildman–Crippen MR) is 87.0 cm³/mol. The molecule has 0 spiro atoms. The lowest BCUT2D eigenvalue weighted by Gasteiger charge is -2.35. The van der Waals surface area contributed by atoms with Crippen molar-refractivity contribution in [1.82, 2.24) is 9.80 Å². The summed E-state index contributed by atoms with van der Waals surface area (Å²) in [5.74, 6) is 0.922. The Balaban J connectivity index is 1.82. The van der Waals surface area contributed by atoms with Gasteiger partial charge in [-0.15, -0.1) is 11.6 Å². The van der Waals surface area contributed by atoms with Crippen LogP contribution in [-0.4, -0.2) is 66.9 Å². The number of rotatable bonds is 5. The summed E-state index contributed by atoms with van der Waals surface area (Å²) in [5.41, 5.74) is 0. The molecule has 1 aromatic rings. The van der Waals surface area contributed by atoms with Gasteiger partial charge in [0.2, 0.25) is 5.91 Å². The number of ether oxygens (including phenoxy) is 2. The normalized spacial score (nSPS) is 16.0. The van der Waals surface area contributed by atoms with Gasteiger partial charge in [-0.25, -0.2) is 0 Å². The molecule has 0 aliphatic carbocycles. The molecule has 1 heterocycles. The molecule has 23 heavy (non-hydrogen) atoms. The van der Waals surface area contributed by atoms with Gasteiger partial charge in [-0.3, -0.25) is 9.59 Å². The summed E-state index contributed by atoms with van der Waals surface area (Å²) in [7, 11) is 1.55. The van der Waals surface area contributed by atoms with E-state index >= 15 is 0 Å². The van der Waals surface area contributed by atoms with E-state index in [1.165, 1.54) is 0 Å². The van der Waals surface area contributed by atoms with Crippen LogP contribution in [0.1, 0.15) is 6.92 Å². The molecule has 126 valence electrons. The molecule has 2 rings (SSSR count). The quantitative estimate of drug-likeness (QED) is 0.760. The highest BCUT2D eigenvalue weighted by atomic mass is 35.5. The Bertz CT molecular complexity index is 557. The molecule has 0 bridgehead atoms. The van der Waals surface area contributed by atoms with Crippen molar-refractivity contribution >= 4 is 23.4 Å². The number of nitrogens with zero attached hydrogens (tertiary/aromatic N) is 2. The van der Waals surface area contributed by atoms with Crippen LogP contribution >= 0.6 is 11.6 Å². The van der Waals surface area contributed by atoms with Crippen LogP contribution in [0.25, 0.3) is 0 Å². The molecule has 0 saturated carbocycles. The summed E-state index contributed by atoms with van der Waals surface area (Å²) in [6, 6.07) is 7.18. The third-order valence-corrected chi connectivity index (χ3v) is 3.89. The van der Waals surface area contributed by atoms with Crippen LogP contribution in [0.5, 0.6) is 11.5 Å². The number of carbonyl (C=O) groups excluding carboxylic acids is 2. The van der Waals surface area contributed by atoms with E-state index < -0.39 is 5.38 Å². The Labute approximate surface area is 140 Å². The first-order valence-electron chi connectivity index (χ1n) is 7.49.